The molecular weight excluding hydrogens is 336 g/mol. The summed E-state index contributed by atoms with van der Waals surface area (Å²) in [6.45, 7) is 2.86. The Morgan fingerprint density at radius 2 is 1.76 bits per heavy atom. The summed E-state index contributed by atoms with van der Waals surface area (Å²) < 4.78 is 27.9. The first kappa shape index (κ1) is 16.1. The average Bonchev–Trinajstić information content (AvgIpc) is 2.44. The molecule has 21 heavy (non-hydrogen) atoms. The molecule has 2 aromatic carbocycles. The van der Waals surface area contributed by atoms with Crippen LogP contribution in [-0.2, 0) is 6.42 Å². The molecule has 0 bridgehead atoms. The standard InChI is InChI=1S/C17H18BrF2N/c1-2-7-21-17(10-12-5-3-4-6-16(12)18)13-8-14(19)11-15(20)9-13/h3-6,8-9,11,17,21H,2,7,10H2,1H3. The molecule has 0 amide bonds. The van der Waals surface area contributed by atoms with Crippen molar-refractivity contribution in [2.24, 2.45) is 0 Å². The molecule has 0 spiro atoms. The second kappa shape index (κ2) is 7.66. The maximum Gasteiger partial charge on any atom is 0.126 e. The van der Waals surface area contributed by atoms with E-state index < -0.39 is 11.6 Å². The fourth-order valence-electron chi connectivity index (χ4n) is 2.29. The van der Waals surface area contributed by atoms with Crippen molar-refractivity contribution in [3.63, 3.8) is 0 Å². The Morgan fingerprint density at radius 1 is 1.10 bits per heavy atom. The number of halogens is 3. The minimum absolute atomic E-state index is 0.117. The summed E-state index contributed by atoms with van der Waals surface area (Å²) in [6, 6.07) is 11.5. The SMILES string of the molecule is CCCNC(Cc1ccccc1Br)c1cc(F)cc(F)c1. The summed E-state index contributed by atoms with van der Waals surface area (Å²) >= 11 is 3.52. The van der Waals surface area contributed by atoms with E-state index in [9.17, 15) is 8.78 Å². The van der Waals surface area contributed by atoms with Crippen LogP contribution in [0.1, 0.15) is 30.5 Å². The third kappa shape index (κ3) is 4.61. The second-order valence-corrected chi connectivity index (χ2v) is 5.86. The topological polar surface area (TPSA) is 12.0 Å². The van der Waals surface area contributed by atoms with Crippen LogP contribution in [0.4, 0.5) is 8.78 Å². The van der Waals surface area contributed by atoms with Crippen molar-refractivity contribution in [2.75, 3.05) is 6.54 Å². The van der Waals surface area contributed by atoms with Gasteiger partial charge in [-0.05, 0) is 48.7 Å². The zero-order valence-electron chi connectivity index (χ0n) is 11.9. The van der Waals surface area contributed by atoms with Crippen molar-refractivity contribution in [3.8, 4) is 0 Å². The van der Waals surface area contributed by atoms with Crippen LogP contribution in [0, 0.1) is 11.6 Å². The molecule has 112 valence electrons. The maximum absolute atomic E-state index is 13.5. The summed E-state index contributed by atoms with van der Waals surface area (Å²) in [5.41, 5.74) is 1.74. The van der Waals surface area contributed by atoms with Crippen LogP contribution >= 0.6 is 15.9 Å². The van der Waals surface area contributed by atoms with Gasteiger partial charge in [-0.15, -0.1) is 0 Å². The number of nitrogens with one attached hydrogen (secondary N) is 1. The van der Waals surface area contributed by atoms with E-state index in [2.05, 4.69) is 28.2 Å². The Labute approximate surface area is 132 Å². The zero-order chi connectivity index (χ0) is 15.2. The quantitative estimate of drug-likeness (QED) is 0.769. The predicted molar refractivity (Wildman–Crippen MR) is 85.2 cm³/mol. The molecule has 1 atom stereocenters. The molecule has 0 heterocycles. The van der Waals surface area contributed by atoms with Crippen LogP contribution < -0.4 is 5.32 Å². The van der Waals surface area contributed by atoms with E-state index in [1.807, 2.05) is 24.3 Å². The highest BCUT2D eigenvalue weighted by molar-refractivity contribution is 9.10. The van der Waals surface area contributed by atoms with E-state index in [-0.39, 0.29) is 6.04 Å². The molecule has 0 fully saturated rings. The van der Waals surface area contributed by atoms with E-state index >= 15 is 0 Å². The van der Waals surface area contributed by atoms with Gasteiger partial charge in [-0.1, -0.05) is 41.1 Å². The van der Waals surface area contributed by atoms with E-state index in [1.54, 1.807) is 0 Å². The molecule has 1 nitrogen and oxygen atoms in total. The largest absolute Gasteiger partial charge is 0.310 e. The van der Waals surface area contributed by atoms with Gasteiger partial charge in [0.05, 0.1) is 0 Å². The molecule has 0 aliphatic rings. The number of hydrogen-bond acceptors (Lipinski definition) is 1. The van der Waals surface area contributed by atoms with Crippen LogP contribution in [0.15, 0.2) is 46.9 Å². The molecule has 0 aromatic heterocycles. The highest BCUT2D eigenvalue weighted by atomic mass is 79.9. The minimum Gasteiger partial charge on any atom is -0.310 e. The molecule has 0 aliphatic carbocycles. The minimum atomic E-state index is -0.541. The normalized spacial score (nSPS) is 12.4. The molecule has 4 heteroatoms. The van der Waals surface area contributed by atoms with E-state index in [0.717, 1.165) is 29.1 Å². The molecule has 0 radical (unpaired) electrons. The van der Waals surface area contributed by atoms with Gasteiger partial charge in [0.1, 0.15) is 11.6 Å². The van der Waals surface area contributed by atoms with Crippen LogP contribution in [0.2, 0.25) is 0 Å². The average molecular weight is 354 g/mol. The molecule has 0 aliphatic heterocycles. The van der Waals surface area contributed by atoms with Crippen molar-refractivity contribution in [1.82, 2.24) is 5.32 Å². The van der Waals surface area contributed by atoms with Gasteiger partial charge in [0.2, 0.25) is 0 Å². The van der Waals surface area contributed by atoms with Crippen molar-refractivity contribution in [2.45, 2.75) is 25.8 Å². The van der Waals surface area contributed by atoms with Gasteiger partial charge in [-0.2, -0.15) is 0 Å². The first-order chi connectivity index (χ1) is 10.1. The molecule has 1 N–H and O–H groups in total. The molecule has 0 saturated carbocycles. The molecule has 2 rings (SSSR count). The lowest BCUT2D eigenvalue weighted by Crippen LogP contribution is -2.24. The number of rotatable bonds is 6. The molecule has 1 unspecified atom stereocenters. The second-order valence-electron chi connectivity index (χ2n) is 5.01. The molecule has 0 saturated heterocycles. The van der Waals surface area contributed by atoms with Gasteiger partial charge in [0.25, 0.3) is 0 Å². The third-order valence-electron chi connectivity index (χ3n) is 3.31. The Morgan fingerprint density at radius 3 is 2.38 bits per heavy atom. The van der Waals surface area contributed by atoms with Crippen molar-refractivity contribution in [3.05, 3.63) is 69.7 Å². The van der Waals surface area contributed by atoms with Gasteiger partial charge in [-0.3, -0.25) is 0 Å². The van der Waals surface area contributed by atoms with E-state index in [4.69, 9.17) is 0 Å². The molecular formula is C17H18BrF2N. The summed E-state index contributed by atoms with van der Waals surface area (Å²) in [6.07, 6.45) is 1.63. The lowest BCUT2D eigenvalue weighted by Gasteiger charge is -2.20. The highest BCUT2D eigenvalue weighted by Crippen LogP contribution is 2.25. The lowest BCUT2D eigenvalue weighted by molar-refractivity contribution is 0.514. The number of benzene rings is 2. The van der Waals surface area contributed by atoms with Gasteiger partial charge in [-0.25, -0.2) is 8.78 Å². The summed E-state index contributed by atoms with van der Waals surface area (Å²) in [5.74, 6) is -1.08. The Balaban J connectivity index is 2.27. The first-order valence-corrected chi connectivity index (χ1v) is 7.82. The first-order valence-electron chi connectivity index (χ1n) is 7.03. The van der Waals surface area contributed by atoms with Crippen molar-refractivity contribution >= 4 is 15.9 Å². The van der Waals surface area contributed by atoms with Crippen molar-refractivity contribution < 1.29 is 8.78 Å². The fraction of sp³-hybridized carbons (Fsp3) is 0.294. The van der Waals surface area contributed by atoms with Crippen molar-refractivity contribution in [1.29, 1.82) is 0 Å². The summed E-state index contributed by atoms with van der Waals surface area (Å²) in [4.78, 5) is 0. The smallest absolute Gasteiger partial charge is 0.126 e. The monoisotopic (exact) mass is 353 g/mol. The van der Waals surface area contributed by atoms with Gasteiger partial charge >= 0.3 is 0 Å². The Kier molecular flexibility index (Phi) is 5.88. The summed E-state index contributed by atoms with van der Waals surface area (Å²) in [5, 5.41) is 3.36. The van der Waals surface area contributed by atoms with Gasteiger partial charge < -0.3 is 5.32 Å². The molecule has 2 aromatic rings. The number of hydrogen-bond donors (Lipinski definition) is 1. The van der Waals surface area contributed by atoms with Gasteiger partial charge in [0, 0.05) is 16.6 Å². The Bertz CT molecular complexity index is 581. The third-order valence-corrected chi connectivity index (χ3v) is 4.08. The van der Waals surface area contributed by atoms with Crippen LogP contribution in [0.25, 0.3) is 0 Å². The van der Waals surface area contributed by atoms with E-state index in [1.165, 1.54) is 12.1 Å². The Hall–Kier alpha value is -1.26. The highest BCUT2D eigenvalue weighted by Gasteiger charge is 2.15. The lowest BCUT2D eigenvalue weighted by atomic mass is 9.98. The predicted octanol–water partition coefficient (Wildman–Crippen LogP) is 5.01. The fourth-order valence-corrected chi connectivity index (χ4v) is 2.73. The van der Waals surface area contributed by atoms with E-state index in [0.29, 0.717) is 12.0 Å². The van der Waals surface area contributed by atoms with Crippen LogP contribution in [0.5, 0.6) is 0 Å². The van der Waals surface area contributed by atoms with Crippen LogP contribution in [-0.4, -0.2) is 6.54 Å². The zero-order valence-corrected chi connectivity index (χ0v) is 13.5. The van der Waals surface area contributed by atoms with Crippen LogP contribution in [0.3, 0.4) is 0 Å². The maximum atomic E-state index is 13.5. The summed E-state index contributed by atoms with van der Waals surface area (Å²) in [7, 11) is 0. The van der Waals surface area contributed by atoms with Gasteiger partial charge in [0.15, 0.2) is 0 Å².